The molecule has 0 unspecified atom stereocenters. The summed E-state index contributed by atoms with van der Waals surface area (Å²) in [6, 6.07) is 5.18. The summed E-state index contributed by atoms with van der Waals surface area (Å²) >= 11 is 0. The van der Waals surface area contributed by atoms with Crippen LogP contribution < -0.4 is 4.72 Å². The Morgan fingerprint density at radius 1 is 1.11 bits per heavy atom. The standard InChI is InChI=1S/C14H23NO3S/c1-10-7-8-12(11(2)9-10)19(17,18)15-13(3,4)14(5,6)16/h7-9,15-16H,1-6H3. The summed E-state index contributed by atoms with van der Waals surface area (Å²) in [7, 11) is -3.66. The van der Waals surface area contributed by atoms with Crippen molar-refractivity contribution < 1.29 is 13.5 Å². The molecule has 2 N–H and O–H groups in total. The molecule has 1 rings (SSSR count). The highest BCUT2D eigenvalue weighted by Crippen LogP contribution is 2.25. The molecule has 19 heavy (non-hydrogen) atoms. The smallest absolute Gasteiger partial charge is 0.241 e. The van der Waals surface area contributed by atoms with E-state index in [4.69, 9.17) is 0 Å². The number of aliphatic hydroxyl groups is 1. The fourth-order valence-electron chi connectivity index (χ4n) is 1.62. The Morgan fingerprint density at radius 2 is 1.63 bits per heavy atom. The Balaban J connectivity index is 3.20. The summed E-state index contributed by atoms with van der Waals surface area (Å²) in [5.41, 5.74) is -0.431. The highest BCUT2D eigenvalue weighted by atomic mass is 32.2. The third kappa shape index (κ3) is 3.55. The Labute approximate surface area is 115 Å². The lowest BCUT2D eigenvalue weighted by atomic mass is 9.87. The average molecular weight is 285 g/mol. The summed E-state index contributed by atoms with van der Waals surface area (Å²) in [5, 5.41) is 10.0. The molecule has 0 heterocycles. The van der Waals surface area contributed by atoms with Crippen LogP contribution in [0.3, 0.4) is 0 Å². The normalized spacial score (nSPS) is 13.6. The van der Waals surface area contributed by atoms with Gasteiger partial charge in [-0.2, -0.15) is 0 Å². The second kappa shape index (κ2) is 4.89. The van der Waals surface area contributed by atoms with Gasteiger partial charge in [0.25, 0.3) is 0 Å². The molecule has 0 radical (unpaired) electrons. The van der Waals surface area contributed by atoms with Crippen LogP contribution >= 0.6 is 0 Å². The number of aryl methyl sites for hydroxylation is 2. The average Bonchev–Trinajstić information content (AvgIpc) is 2.12. The lowest BCUT2D eigenvalue weighted by molar-refractivity contribution is 0.00638. The van der Waals surface area contributed by atoms with Gasteiger partial charge in [0.15, 0.2) is 0 Å². The van der Waals surface area contributed by atoms with Crippen LogP contribution in [0.1, 0.15) is 38.8 Å². The first-order valence-electron chi connectivity index (χ1n) is 6.20. The van der Waals surface area contributed by atoms with Gasteiger partial charge in [0, 0.05) is 0 Å². The molecule has 1 aromatic rings. The topological polar surface area (TPSA) is 66.4 Å². The molecule has 0 bridgehead atoms. The van der Waals surface area contributed by atoms with Crippen LogP contribution in [-0.4, -0.2) is 24.7 Å². The molecule has 1 aromatic carbocycles. The van der Waals surface area contributed by atoms with E-state index in [9.17, 15) is 13.5 Å². The Morgan fingerprint density at radius 3 is 2.05 bits per heavy atom. The molecule has 0 saturated carbocycles. The molecule has 4 nitrogen and oxygen atoms in total. The molecule has 0 atom stereocenters. The van der Waals surface area contributed by atoms with E-state index >= 15 is 0 Å². The van der Waals surface area contributed by atoms with Crippen LogP contribution in [0, 0.1) is 13.8 Å². The summed E-state index contributed by atoms with van der Waals surface area (Å²) < 4.78 is 27.4. The summed E-state index contributed by atoms with van der Waals surface area (Å²) in [4.78, 5) is 0.246. The minimum Gasteiger partial charge on any atom is -0.389 e. The maximum atomic E-state index is 12.4. The minimum atomic E-state index is -3.66. The third-order valence-corrected chi connectivity index (χ3v) is 5.36. The van der Waals surface area contributed by atoms with Crippen LogP contribution in [0.2, 0.25) is 0 Å². The van der Waals surface area contributed by atoms with Gasteiger partial charge in [-0.3, -0.25) is 0 Å². The number of nitrogens with one attached hydrogen (secondary N) is 1. The van der Waals surface area contributed by atoms with Crippen molar-refractivity contribution >= 4 is 10.0 Å². The molecular formula is C14H23NO3S. The van der Waals surface area contributed by atoms with Gasteiger partial charge < -0.3 is 5.11 Å². The first-order chi connectivity index (χ1) is 8.37. The number of sulfonamides is 1. The van der Waals surface area contributed by atoms with E-state index in [1.165, 1.54) is 0 Å². The van der Waals surface area contributed by atoms with Crippen LogP contribution in [0.5, 0.6) is 0 Å². The van der Waals surface area contributed by atoms with E-state index in [0.29, 0.717) is 5.56 Å². The van der Waals surface area contributed by atoms with Crippen LogP contribution in [0.4, 0.5) is 0 Å². The van der Waals surface area contributed by atoms with Crippen molar-refractivity contribution in [2.45, 2.75) is 57.6 Å². The van der Waals surface area contributed by atoms with E-state index in [1.54, 1.807) is 46.8 Å². The summed E-state index contributed by atoms with van der Waals surface area (Å²) in [5.74, 6) is 0. The zero-order chi connectivity index (χ0) is 15.1. The van der Waals surface area contributed by atoms with Crippen LogP contribution in [0.15, 0.2) is 23.1 Å². The Kier molecular flexibility index (Phi) is 4.15. The predicted molar refractivity (Wildman–Crippen MR) is 76.6 cm³/mol. The van der Waals surface area contributed by atoms with Crippen molar-refractivity contribution in [1.29, 1.82) is 0 Å². The van der Waals surface area contributed by atoms with E-state index in [2.05, 4.69) is 4.72 Å². The van der Waals surface area contributed by atoms with Crippen molar-refractivity contribution in [1.82, 2.24) is 4.72 Å². The van der Waals surface area contributed by atoms with E-state index < -0.39 is 21.2 Å². The van der Waals surface area contributed by atoms with Crippen molar-refractivity contribution in [2.75, 3.05) is 0 Å². The maximum Gasteiger partial charge on any atom is 0.241 e. The zero-order valence-electron chi connectivity index (χ0n) is 12.4. The quantitative estimate of drug-likeness (QED) is 0.890. The molecule has 0 spiro atoms. The monoisotopic (exact) mass is 285 g/mol. The third-order valence-electron chi connectivity index (χ3n) is 3.54. The number of hydrogen-bond donors (Lipinski definition) is 2. The van der Waals surface area contributed by atoms with Crippen molar-refractivity contribution in [2.24, 2.45) is 0 Å². The van der Waals surface area contributed by atoms with Crippen molar-refractivity contribution in [3.05, 3.63) is 29.3 Å². The molecule has 0 aliphatic carbocycles. The second-order valence-corrected chi connectivity index (χ2v) is 7.71. The van der Waals surface area contributed by atoms with E-state index in [1.807, 2.05) is 13.0 Å². The highest BCUT2D eigenvalue weighted by molar-refractivity contribution is 7.89. The number of benzene rings is 1. The fourth-order valence-corrected chi connectivity index (χ4v) is 3.38. The molecule has 5 heteroatoms. The first-order valence-corrected chi connectivity index (χ1v) is 7.69. The first kappa shape index (κ1) is 16.1. The molecule has 0 aliphatic rings. The highest BCUT2D eigenvalue weighted by Gasteiger charge is 2.39. The fraction of sp³-hybridized carbons (Fsp3) is 0.571. The van der Waals surface area contributed by atoms with Crippen molar-refractivity contribution in [3.63, 3.8) is 0 Å². The van der Waals surface area contributed by atoms with Crippen molar-refractivity contribution in [3.8, 4) is 0 Å². The molecule has 0 fully saturated rings. The van der Waals surface area contributed by atoms with Gasteiger partial charge in [0.2, 0.25) is 10.0 Å². The van der Waals surface area contributed by atoms with Gasteiger partial charge in [-0.25, -0.2) is 13.1 Å². The predicted octanol–water partition coefficient (Wildman–Crippen LogP) is 2.13. The summed E-state index contributed by atoms with van der Waals surface area (Å²) in [6.07, 6.45) is 0. The van der Waals surface area contributed by atoms with Crippen LogP contribution in [0.25, 0.3) is 0 Å². The van der Waals surface area contributed by atoms with E-state index in [0.717, 1.165) is 5.56 Å². The molecule has 0 saturated heterocycles. The van der Waals surface area contributed by atoms with Gasteiger partial charge in [-0.15, -0.1) is 0 Å². The van der Waals surface area contributed by atoms with Crippen LogP contribution in [-0.2, 0) is 10.0 Å². The molecule has 0 aromatic heterocycles. The number of hydrogen-bond acceptors (Lipinski definition) is 3. The largest absolute Gasteiger partial charge is 0.389 e. The second-order valence-electron chi connectivity index (χ2n) is 6.06. The van der Waals surface area contributed by atoms with E-state index in [-0.39, 0.29) is 4.90 Å². The van der Waals surface area contributed by atoms with Gasteiger partial charge in [0.05, 0.1) is 16.0 Å². The van der Waals surface area contributed by atoms with Gasteiger partial charge in [0.1, 0.15) is 0 Å². The summed E-state index contributed by atoms with van der Waals surface area (Å²) in [6.45, 7) is 10.2. The Hall–Kier alpha value is -0.910. The molecule has 0 aliphatic heterocycles. The maximum absolute atomic E-state index is 12.4. The minimum absolute atomic E-state index is 0.246. The van der Waals surface area contributed by atoms with Gasteiger partial charge in [-0.05, 0) is 53.2 Å². The molecule has 108 valence electrons. The number of rotatable bonds is 4. The Bertz CT molecular complexity index is 569. The lowest BCUT2D eigenvalue weighted by Gasteiger charge is -2.37. The van der Waals surface area contributed by atoms with Gasteiger partial charge >= 0.3 is 0 Å². The SMILES string of the molecule is Cc1ccc(S(=O)(=O)NC(C)(C)C(C)(C)O)c(C)c1. The molecule has 0 amide bonds. The lowest BCUT2D eigenvalue weighted by Crippen LogP contribution is -2.57. The molecular weight excluding hydrogens is 262 g/mol. The van der Waals surface area contributed by atoms with Gasteiger partial charge in [-0.1, -0.05) is 17.7 Å². The zero-order valence-corrected chi connectivity index (χ0v) is 13.2.